The quantitative estimate of drug-likeness (QED) is 0.391. The summed E-state index contributed by atoms with van der Waals surface area (Å²) in [6.45, 7) is 2.84. The van der Waals surface area contributed by atoms with Crippen molar-refractivity contribution in [3.8, 4) is 0 Å². The molecule has 0 aromatic carbocycles. The van der Waals surface area contributed by atoms with Crippen molar-refractivity contribution in [2.45, 2.75) is 20.0 Å². The molecule has 0 saturated carbocycles. The molecule has 13 heavy (non-hydrogen) atoms. The Morgan fingerprint density at radius 2 is 1.46 bits per heavy atom. The molecule has 1 unspecified atom stereocenters. The van der Waals surface area contributed by atoms with Crippen LogP contribution in [0.1, 0.15) is 13.8 Å². The van der Waals surface area contributed by atoms with E-state index in [-0.39, 0.29) is 0 Å². The Labute approximate surface area is 74.9 Å². The molecule has 0 saturated heterocycles. The fraction of sp³-hybridized carbons (Fsp3) is 0.500. The van der Waals surface area contributed by atoms with Gasteiger partial charge in [-0.05, 0) is 13.8 Å². The minimum absolute atomic E-state index is 0.546. The third-order valence-corrected chi connectivity index (χ3v) is 2.24. The summed E-state index contributed by atoms with van der Waals surface area (Å²) in [7, 11) is 0. The Balaban J connectivity index is 3.32. The summed E-state index contributed by atoms with van der Waals surface area (Å²) in [5.41, 5.74) is -1.21. The molecule has 5 nitrogen and oxygen atoms in total. The predicted octanol–water partition coefficient (Wildman–Crippen LogP) is 1.04. The second-order valence-electron chi connectivity index (χ2n) is 3.56. The first-order chi connectivity index (χ1) is 5.80. The monoisotopic (exact) mass is 188 g/mol. The molecule has 5 heteroatoms. The van der Waals surface area contributed by atoms with E-state index in [0.717, 1.165) is 0 Å². The molecule has 0 aromatic rings. The number of hydrogen-bond acceptors (Lipinski definition) is 5. The highest BCUT2D eigenvalue weighted by molar-refractivity contribution is 5.34. The van der Waals surface area contributed by atoms with Crippen molar-refractivity contribution in [2.75, 3.05) is 0 Å². The first kappa shape index (κ1) is 9.73. The van der Waals surface area contributed by atoms with Gasteiger partial charge in [0.2, 0.25) is 5.76 Å². The highest BCUT2D eigenvalue weighted by Gasteiger charge is 2.43. The summed E-state index contributed by atoms with van der Waals surface area (Å²) in [4.78, 5) is 0. The summed E-state index contributed by atoms with van der Waals surface area (Å²) < 4.78 is 0. The Bertz CT molecular complexity index is 300. The van der Waals surface area contributed by atoms with E-state index in [9.17, 15) is 10.2 Å². The van der Waals surface area contributed by atoms with Crippen molar-refractivity contribution in [1.82, 2.24) is 0 Å². The van der Waals surface area contributed by atoms with E-state index in [4.69, 9.17) is 15.3 Å². The lowest BCUT2D eigenvalue weighted by molar-refractivity contribution is 0.0188. The standard InChI is InChI=1S/C8H12O5/c1-8(2)6(12)4(10)3(9)5(11)7(8)13/h6,9-13H,1-2H3. The summed E-state index contributed by atoms with van der Waals surface area (Å²) in [5, 5.41) is 46.0. The fourth-order valence-corrected chi connectivity index (χ4v) is 1.14. The fourth-order valence-electron chi connectivity index (χ4n) is 1.14. The Kier molecular flexibility index (Phi) is 1.92. The van der Waals surface area contributed by atoms with Gasteiger partial charge in [0, 0.05) is 0 Å². The number of rotatable bonds is 0. The zero-order chi connectivity index (χ0) is 10.4. The molecule has 0 aromatic heterocycles. The number of aliphatic hydroxyl groups excluding tert-OH is 5. The molecule has 0 aliphatic heterocycles. The molecule has 1 aliphatic rings. The van der Waals surface area contributed by atoms with Crippen LogP contribution in [0.25, 0.3) is 0 Å². The normalized spacial score (nSPS) is 28.1. The van der Waals surface area contributed by atoms with Gasteiger partial charge in [0.1, 0.15) is 11.9 Å². The smallest absolute Gasteiger partial charge is 0.202 e. The van der Waals surface area contributed by atoms with Gasteiger partial charge >= 0.3 is 0 Å². The topological polar surface area (TPSA) is 101 Å². The maximum atomic E-state index is 9.39. The predicted molar refractivity (Wildman–Crippen MR) is 44.4 cm³/mol. The molecule has 0 spiro atoms. The number of hydrogen-bond donors (Lipinski definition) is 5. The highest BCUT2D eigenvalue weighted by atomic mass is 16.4. The van der Waals surface area contributed by atoms with E-state index in [1.54, 1.807) is 0 Å². The SMILES string of the molecule is CC1(C)C(O)=C(O)C(O)=C(O)C1O. The van der Waals surface area contributed by atoms with Crippen molar-refractivity contribution in [3.05, 3.63) is 23.0 Å². The van der Waals surface area contributed by atoms with Gasteiger partial charge in [-0.3, -0.25) is 0 Å². The van der Waals surface area contributed by atoms with E-state index < -0.39 is 34.6 Å². The van der Waals surface area contributed by atoms with E-state index in [0.29, 0.717) is 0 Å². The summed E-state index contributed by atoms with van der Waals surface area (Å²) >= 11 is 0. The van der Waals surface area contributed by atoms with Gasteiger partial charge in [-0.1, -0.05) is 0 Å². The van der Waals surface area contributed by atoms with Crippen LogP contribution in [-0.2, 0) is 0 Å². The van der Waals surface area contributed by atoms with Crippen LogP contribution >= 0.6 is 0 Å². The molecule has 0 bridgehead atoms. The maximum absolute atomic E-state index is 9.39. The Morgan fingerprint density at radius 1 is 1.00 bits per heavy atom. The largest absolute Gasteiger partial charge is 0.508 e. The van der Waals surface area contributed by atoms with Crippen LogP contribution in [-0.4, -0.2) is 31.6 Å². The van der Waals surface area contributed by atoms with Crippen molar-refractivity contribution < 1.29 is 25.5 Å². The Morgan fingerprint density at radius 3 is 1.92 bits per heavy atom. The molecule has 0 fully saturated rings. The van der Waals surface area contributed by atoms with E-state index >= 15 is 0 Å². The zero-order valence-corrected chi connectivity index (χ0v) is 7.31. The van der Waals surface area contributed by atoms with Gasteiger partial charge in [0.25, 0.3) is 0 Å². The molecule has 0 amide bonds. The summed E-state index contributed by atoms with van der Waals surface area (Å²) in [5.74, 6) is -2.97. The van der Waals surface area contributed by atoms with Crippen LogP contribution in [0.5, 0.6) is 0 Å². The van der Waals surface area contributed by atoms with Gasteiger partial charge in [0.15, 0.2) is 11.5 Å². The van der Waals surface area contributed by atoms with Crippen molar-refractivity contribution in [2.24, 2.45) is 5.41 Å². The van der Waals surface area contributed by atoms with E-state index in [1.807, 2.05) is 0 Å². The molecule has 1 rings (SSSR count). The van der Waals surface area contributed by atoms with Crippen molar-refractivity contribution in [3.63, 3.8) is 0 Å². The average molecular weight is 188 g/mol. The lowest BCUT2D eigenvalue weighted by Crippen LogP contribution is -2.37. The first-order valence-electron chi connectivity index (χ1n) is 3.73. The van der Waals surface area contributed by atoms with Crippen LogP contribution < -0.4 is 0 Å². The average Bonchev–Trinajstić information content (AvgIpc) is 2.09. The minimum atomic E-state index is -1.43. The van der Waals surface area contributed by atoms with Gasteiger partial charge in [-0.15, -0.1) is 0 Å². The molecule has 0 radical (unpaired) electrons. The molecule has 5 N–H and O–H groups in total. The van der Waals surface area contributed by atoms with Crippen molar-refractivity contribution >= 4 is 0 Å². The second-order valence-corrected chi connectivity index (χ2v) is 3.56. The second kappa shape index (κ2) is 2.56. The Hall–Kier alpha value is -1.36. The minimum Gasteiger partial charge on any atom is -0.508 e. The lowest BCUT2D eigenvalue weighted by atomic mass is 9.79. The van der Waals surface area contributed by atoms with Crippen LogP contribution in [0.15, 0.2) is 23.0 Å². The summed E-state index contributed by atoms with van der Waals surface area (Å²) in [6.07, 6.45) is -1.43. The number of aliphatic hydroxyl groups is 5. The first-order valence-corrected chi connectivity index (χ1v) is 3.73. The van der Waals surface area contributed by atoms with E-state index in [1.165, 1.54) is 13.8 Å². The van der Waals surface area contributed by atoms with Gasteiger partial charge < -0.3 is 25.5 Å². The van der Waals surface area contributed by atoms with Gasteiger partial charge in [-0.2, -0.15) is 0 Å². The van der Waals surface area contributed by atoms with E-state index in [2.05, 4.69) is 0 Å². The van der Waals surface area contributed by atoms with Crippen LogP contribution in [0.4, 0.5) is 0 Å². The van der Waals surface area contributed by atoms with Crippen LogP contribution in [0, 0.1) is 5.41 Å². The molecule has 0 heterocycles. The lowest BCUT2D eigenvalue weighted by Gasteiger charge is -2.33. The van der Waals surface area contributed by atoms with Crippen LogP contribution in [0.3, 0.4) is 0 Å². The van der Waals surface area contributed by atoms with Gasteiger partial charge in [0.05, 0.1) is 5.41 Å². The summed E-state index contributed by atoms with van der Waals surface area (Å²) in [6, 6.07) is 0. The highest BCUT2D eigenvalue weighted by Crippen LogP contribution is 2.39. The zero-order valence-electron chi connectivity index (χ0n) is 7.31. The molecule has 1 aliphatic carbocycles. The third-order valence-electron chi connectivity index (χ3n) is 2.24. The molecule has 1 atom stereocenters. The van der Waals surface area contributed by atoms with Crippen LogP contribution in [0.2, 0.25) is 0 Å². The third kappa shape index (κ3) is 1.12. The maximum Gasteiger partial charge on any atom is 0.202 e. The molecular weight excluding hydrogens is 176 g/mol. The van der Waals surface area contributed by atoms with Crippen molar-refractivity contribution in [1.29, 1.82) is 0 Å². The molecule has 74 valence electrons. The van der Waals surface area contributed by atoms with Gasteiger partial charge in [-0.25, -0.2) is 0 Å². The molecular formula is C8H12O5.